The summed E-state index contributed by atoms with van der Waals surface area (Å²) in [5, 5.41) is 3.00. The summed E-state index contributed by atoms with van der Waals surface area (Å²) in [5.74, 6) is 1.30. The fraction of sp³-hybridized carbons (Fsp3) is 0.350. The summed E-state index contributed by atoms with van der Waals surface area (Å²) in [6, 6.07) is 16.2. The van der Waals surface area contributed by atoms with E-state index in [1.165, 1.54) is 23.0 Å². The van der Waals surface area contributed by atoms with Crippen molar-refractivity contribution < 1.29 is 9.53 Å². The van der Waals surface area contributed by atoms with E-state index in [0.717, 1.165) is 23.7 Å². The van der Waals surface area contributed by atoms with Crippen LogP contribution in [0.15, 0.2) is 53.4 Å². The van der Waals surface area contributed by atoms with Crippen molar-refractivity contribution >= 4 is 23.4 Å². The average molecular weight is 359 g/mol. The van der Waals surface area contributed by atoms with Crippen LogP contribution in [0.25, 0.3) is 0 Å². The van der Waals surface area contributed by atoms with Crippen LogP contribution in [0.4, 0.5) is 5.69 Å². The molecule has 0 fully saturated rings. The minimum atomic E-state index is 0.0566. The highest BCUT2D eigenvalue weighted by atomic mass is 32.2. The Morgan fingerprint density at radius 2 is 1.96 bits per heavy atom. The molecule has 4 nitrogen and oxygen atoms in total. The monoisotopic (exact) mass is 358 g/mol. The average Bonchev–Trinajstić information content (AvgIpc) is 2.64. The van der Waals surface area contributed by atoms with E-state index in [4.69, 9.17) is 4.74 Å². The van der Waals surface area contributed by atoms with Gasteiger partial charge in [0.25, 0.3) is 0 Å². The summed E-state index contributed by atoms with van der Waals surface area (Å²) in [7, 11) is 1.64. The van der Waals surface area contributed by atoms with Gasteiger partial charge in [0.1, 0.15) is 5.75 Å². The van der Waals surface area contributed by atoms with Crippen molar-refractivity contribution in [2.75, 3.05) is 37.4 Å². The number of rotatable bonds is 9. The summed E-state index contributed by atoms with van der Waals surface area (Å²) in [6.45, 7) is 6.59. The lowest BCUT2D eigenvalue weighted by atomic mass is 10.2. The SMILES string of the molecule is CCN(CCNC(=O)CSc1ccc(OC)cc1)c1cccc(C)c1. The number of hydrogen-bond acceptors (Lipinski definition) is 4. The van der Waals surface area contributed by atoms with Gasteiger partial charge >= 0.3 is 0 Å². The largest absolute Gasteiger partial charge is 0.497 e. The number of nitrogens with zero attached hydrogens (tertiary/aromatic N) is 1. The van der Waals surface area contributed by atoms with Crippen LogP contribution in [-0.4, -0.2) is 38.4 Å². The van der Waals surface area contributed by atoms with Gasteiger partial charge in [0.2, 0.25) is 5.91 Å². The number of ether oxygens (including phenoxy) is 1. The second-order valence-electron chi connectivity index (χ2n) is 5.73. The maximum absolute atomic E-state index is 12.0. The third-order valence-corrected chi connectivity index (χ3v) is 4.89. The Bertz CT molecular complexity index is 674. The molecule has 0 aliphatic carbocycles. The second-order valence-corrected chi connectivity index (χ2v) is 6.78. The van der Waals surface area contributed by atoms with E-state index in [1.54, 1.807) is 7.11 Å². The molecule has 0 saturated carbocycles. The van der Waals surface area contributed by atoms with Crippen LogP contribution in [0.5, 0.6) is 5.75 Å². The molecule has 5 heteroatoms. The maximum atomic E-state index is 12.0. The van der Waals surface area contributed by atoms with Crippen LogP contribution >= 0.6 is 11.8 Å². The molecule has 0 atom stereocenters. The van der Waals surface area contributed by atoms with Gasteiger partial charge in [0.15, 0.2) is 0 Å². The Kier molecular flexibility index (Phi) is 7.67. The van der Waals surface area contributed by atoms with Crippen LogP contribution in [0.2, 0.25) is 0 Å². The first-order valence-electron chi connectivity index (χ1n) is 8.47. The summed E-state index contributed by atoms with van der Waals surface area (Å²) in [5.41, 5.74) is 2.44. The van der Waals surface area contributed by atoms with E-state index in [1.807, 2.05) is 24.3 Å². The van der Waals surface area contributed by atoms with Gasteiger partial charge < -0.3 is 15.0 Å². The second kappa shape index (κ2) is 9.99. The Labute approximate surface area is 154 Å². The lowest BCUT2D eigenvalue weighted by molar-refractivity contribution is -0.118. The van der Waals surface area contributed by atoms with Gasteiger partial charge in [-0.1, -0.05) is 12.1 Å². The number of carbonyl (C=O) groups excluding carboxylic acids is 1. The van der Waals surface area contributed by atoms with E-state index in [-0.39, 0.29) is 5.91 Å². The highest BCUT2D eigenvalue weighted by Crippen LogP contribution is 2.21. The van der Waals surface area contributed by atoms with Crippen LogP contribution in [-0.2, 0) is 4.79 Å². The Morgan fingerprint density at radius 3 is 2.60 bits per heavy atom. The van der Waals surface area contributed by atoms with Gasteiger partial charge in [0, 0.05) is 30.2 Å². The number of thioether (sulfide) groups is 1. The van der Waals surface area contributed by atoms with Crippen LogP contribution < -0.4 is 15.0 Å². The Balaban J connectivity index is 1.73. The van der Waals surface area contributed by atoms with Gasteiger partial charge in [-0.25, -0.2) is 0 Å². The van der Waals surface area contributed by atoms with E-state index in [9.17, 15) is 4.79 Å². The molecule has 1 N–H and O–H groups in total. The van der Waals surface area contributed by atoms with Gasteiger partial charge in [0.05, 0.1) is 12.9 Å². The number of anilines is 1. The van der Waals surface area contributed by atoms with Crippen LogP contribution in [0.3, 0.4) is 0 Å². The summed E-state index contributed by atoms with van der Waals surface area (Å²) in [4.78, 5) is 15.4. The smallest absolute Gasteiger partial charge is 0.230 e. The molecule has 2 aromatic rings. The summed E-state index contributed by atoms with van der Waals surface area (Å²) >= 11 is 1.53. The molecule has 0 saturated heterocycles. The number of likely N-dealkylation sites (N-methyl/N-ethyl adjacent to an activating group) is 1. The molecule has 0 unspecified atom stereocenters. The zero-order chi connectivity index (χ0) is 18.1. The number of nitrogens with one attached hydrogen (secondary N) is 1. The molecule has 134 valence electrons. The maximum Gasteiger partial charge on any atom is 0.230 e. The summed E-state index contributed by atoms with van der Waals surface area (Å²) in [6.07, 6.45) is 0. The van der Waals surface area contributed by atoms with E-state index in [0.29, 0.717) is 12.3 Å². The quantitative estimate of drug-likeness (QED) is 0.694. The topological polar surface area (TPSA) is 41.6 Å². The fourth-order valence-electron chi connectivity index (χ4n) is 2.50. The number of hydrogen-bond donors (Lipinski definition) is 1. The van der Waals surface area contributed by atoms with Crippen molar-refractivity contribution in [3.05, 3.63) is 54.1 Å². The molecule has 0 aliphatic heterocycles. The number of methoxy groups -OCH3 is 1. The molecule has 1 amide bonds. The Morgan fingerprint density at radius 1 is 1.20 bits per heavy atom. The number of aryl methyl sites for hydroxylation is 1. The van der Waals surface area contributed by atoms with Gasteiger partial charge in [-0.2, -0.15) is 0 Å². The van der Waals surface area contributed by atoms with E-state index in [2.05, 4.69) is 48.3 Å². The first-order valence-corrected chi connectivity index (χ1v) is 9.46. The molecule has 0 spiro atoms. The third-order valence-electron chi connectivity index (χ3n) is 3.88. The summed E-state index contributed by atoms with van der Waals surface area (Å²) < 4.78 is 5.13. The molecule has 2 aromatic carbocycles. The van der Waals surface area contributed by atoms with Crippen LogP contribution in [0, 0.1) is 6.92 Å². The standard InChI is InChI=1S/C20H26N2O2S/c1-4-22(17-7-5-6-16(2)14-17)13-12-21-20(23)15-25-19-10-8-18(24-3)9-11-19/h5-11,14H,4,12-13,15H2,1-3H3,(H,21,23). The van der Waals surface area contributed by atoms with Gasteiger partial charge in [-0.15, -0.1) is 11.8 Å². The predicted molar refractivity (Wildman–Crippen MR) is 106 cm³/mol. The zero-order valence-electron chi connectivity index (χ0n) is 15.1. The zero-order valence-corrected chi connectivity index (χ0v) is 15.9. The lowest BCUT2D eigenvalue weighted by Crippen LogP contribution is -2.35. The normalized spacial score (nSPS) is 10.4. The molecule has 0 heterocycles. The highest BCUT2D eigenvalue weighted by Gasteiger charge is 2.06. The molecule has 0 radical (unpaired) electrons. The fourth-order valence-corrected chi connectivity index (χ4v) is 3.22. The van der Waals surface area contributed by atoms with E-state index < -0.39 is 0 Å². The molecule has 2 rings (SSSR count). The number of benzene rings is 2. The molecular weight excluding hydrogens is 332 g/mol. The molecule has 25 heavy (non-hydrogen) atoms. The van der Waals surface area contributed by atoms with Gasteiger partial charge in [-0.05, 0) is 55.8 Å². The highest BCUT2D eigenvalue weighted by molar-refractivity contribution is 8.00. The molecular formula is C20H26N2O2S. The predicted octanol–water partition coefficient (Wildman–Crippen LogP) is 3.74. The molecule has 0 bridgehead atoms. The van der Waals surface area contributed by atoms with Crippen molar-refractivity contribution in [1.82, 2.24) is 5.32 Å². The minimum Gasteiger partial charge on any atom is -0.497 e. The first-order chi connectivity index (χ1) is 12.1. The Hall–Kier alpha value is -2.14. The van der Waals surface area contributed by atoms with E-state index >= 15 is 0 Å². The number of carbonyl (C=O) groups is 1. The van der Waals surface area contributed by atoms with Crippen molar-refractivity contribution in [3.63, 3.8) is 0 Å². The molecule has 0 aromatic heterocycles. The van der Waals surface area contributed by atoms with Crippen molar-refractivity contribution in [2.24, 2.45) is 0 Å². The van der Waals surface area contributed by atoms with Crippen molar-refractivity contribution in [2.45, 2.75) is 18.7 Å². The first kappa shape index (κ1) is 19.2. The number of amides is 1. The lowest BCUT2D eigenvalue weighted by Gasteiger charge is -2.23. The van der Waals surface area contributed by atoms with Crippen molar-refractivity contribution in [1.29, 1.82) is 0 Å². The van der Waals surface area contributed by atoms with Crippen molar-refractivity contribution in [3.8, 4) is 5.75 Å². The van der Waals surface area contributed by atoms with Crippen LogP contribution in [0.1, 0.15) is 12.5 Å². The molecule has 0 aliphatic rings. The minimum absolute atomic E-state index is 0.0566. The third kappa shape index (κ3) is 6.35. The van der Waals surface area contributed by atoms with Gasteiger partial charge in [-0.3, -0.25) is 4.79 Å².